The van der Waals surface area contributed by atoms with Gasteiger partial charge in [0.25, 0.3) is 0 Å². The van der Waals surface area contributed by atoms with Gasteiger partial charge in [0.2, 0.25) is 5.78 Å². The van der Waals surface area contributed by atoms with E-state index in [0.717, 1.165) is 11.3 Å². The minimum absolute atomic E-state index is 0.0642. The average molecular weight is 188 g/mol. The lowest BCUT2D eigenvalue weighted by molar-refractivity contribution is 0.106. The number of benzene rings is 1. The molecule has 0 saturated carbocycles. The molecule has 0 aliphatic carbocycles. The summed E-state index contributed by atoms with van der Waals surface area (Å²) >= 11 is 0. The molecule has 0 N–H and O–H groups in total. The molecule has 1 aromatic rings. The van der Waals surface area contributed by atoms with Crippen LogP contribution in [0.2, 0.25) is 0 Å². The highest BCUT2D eigenvalue weighted by Gasteiger charge is 2.23. The van der Waals surface area contributed by atoms with Crippen LogP contribution in [0.1, 0.15) is 10.4 Å². The maximum Gasteiger partial charge on any atom is 0.210 e. The van der Waals surface area contributed by atoms with Crippen molar-refractivity contribution in [3.63, 3.8) is 0 Å². The Morgan fingerprint density at radius 1 is 1.29 bits per heavy atom. The molecule has 0 spiro atoms. The zero-order chi connectivity index (χ0) is 10.1. The van der Waals surface area contributed by atoms with Gasteiger partial charge in [0.15, 0.2) is 0 Å². The normalized spacial score (nSPS) is 14.5. The van der Waals surface area contributed by atoms with Gasteiger partial charge in [0.1, 0.15) is 5.71 Å². The van der Waals surface area contributed by atoms with Crippen LogP contribution in [-0.4, -0.2) is 37.0 Å². The number of para-hydroxylation sites is 1. The molecule has 0 atom stereocenters. The third-order valence-corrected chi connectivity index (χ3v) is 2.13. The second-order valence-corrected chi connectivity index (χ2v) is 3.64. The van der Waals surface area contributed by atoms with Crippen LogP contribution in [0.4, 0.5) is 5.69 Å². The van der Waals surface area contributed by atoms with Crippen LogP contribution < -0.4 is 0 Å². The van der Waals surface area contributed by atoms with E-state index in [2.05, 4.69) is 4.99 Å². The molecular weight excluding hydrogens is 176 g/mol. The molecule has 1 aliphatic heterocycles. The average Bonchev–Trinajstić information content (AvgIpc) is 2.44. The summed E-state index contributed by atoms with van der Waals surface area (Å²) in [5, 5.41) is 0. The molecule has 1 aromatic carbocycles. The molecule has 3 nitrogen and oxygen atoms in total. The molecule has 0 aromatic heterocycles. The van der Waals surface area contributed by atoms with Crippen molar-refractivity contribution in [2.45, 2.75) is 0 Å². The van der Waals surface area contributed by atoms with Crippen LogP contribution in [-0.2, 0) is 0 Å². The highest BCUT2D eigenvalue weighted by molar-refractivity contribution is 6.50. The minimum Gasteiger partial charge on any atom is -0.303 e. The molecule has 1 aliphatic rings. The maximum atomic E-state index is 11.8. The summed E-state index contributed by atoms with van der Waals surface area (Å²) in [5.41, 5.74) is 2.16. The van der Waals surface area contributed by atoms with Gasteiger partial charge < -0.3 is 4.90 Å². The van der Waals surface area contributed by atoms with E-state index in [0.29, 0.717) is 12.3 Å². The van der Waals surface area contributed by atoms with Crippen molar-refractivity contribution < 1.29 is 4.79 Å². The van der Waals surface area contributed by atoms with Crippen LogP contribution in [0.25, 0.3) is 0 Å². The number of aliphatic imine (C=N–C) groups is 1. The molecule has 0 fully saturated rings. The molecule has 3 heteroatoms. The van der Waals surface area contributed by atoms with Gasteiger partial charge in [-0.3, -0.25) is 4.79 Å². The smallest absolute Gasteiger partial charge is 0.210 e. The Morgan fingerprint density at radius 2 is 2.00 bits per heavy atom. The van der Waals surface area contributed by atoms with Crippen molar-refractivity contribution in [2.75, 3.05) is 20.6 Å². The summed E-state index contributed by atoms with van der Waals surface area (Å²) in [7, 11) is 3.86. The minimum atomic E-state index is 0.0642. The Morgan fingerprint density at radius 3 is 2.64 bits per heavy atom. The first-order valence-electron chi connectivity index (χ1n) is 4.54. The van der Waals surface area contributed by atoms with Gasteiger partial charge in [-0.2, -0.15) is 0 Å². The molecule has 0 amide bonds. The summed E-state index contributed by atoms with van der Waals surface area (Å²) in [5.74, 6) is 0.0642. The van der Waals surface area contributed by atoms with Crippen LogP contribution in [0.3, 0.4) is 0 Å². The molecule has 14 heavy (non-hydrogen) atoms. The Kier molecular flexibility index (Phi) is 2.17. The van der Waals surface area contributed by atoms with Gasteiger partial charge >= 0.3 is 0 Å². The van der Waals surface area contributed by atoms with E-state index >= 15 is 0 Å². The van der Waals surface area contributed by atoms with Gasteiger partial charge in [0, 0.05) is 12.1 Å². The number of Topliss-reactive ketones (excluding diaryl/α,β-unsaturated/α-hetero) is 1. The van der Waals surface area contributed by atoms with Crippen LogP contribution in [0, 0.1) is 0 Å². The fourth-order valence-corrected chi connectivity index (χ4v) is 1.52. The number of carbonyl (C=O) groups is 1. The summed E-state index contributed by atoms with van der Waals surface area (Å²) in [4.78, 5) is 18.0. The van der Waals surface area contributed by atoms with Crippen molar-refractivity contribution in [2.24, 2.45) is 4.99 Å². The molecule has 0 radical (unpaired) electrons. The molecular formula is C11H12N2O. The maximum absolute atomic E-state index is 11.8. The number of rotatable bonds is 2. The molecule has 72 valence electrons. The van der Waals surface area contributed by atoms with Gasteiger partial charge in [-0.15, -0.1) is 0 Å². The van der Waals surface area contributed by atoms with Crippen LogP contribution >= 0.6 is 0 Å². The summed E-state index contributed by atoms with van der Waals surface area (Å²) in [6.07, 6.45) is 0. The van der Waals surface area contributed by atoms with Crippen molar-refractivity contribution in [1.29, 1.82) is 0 Å². The zero-order valence-electron chi connectivity index (χ0n) is 8.32. The standard InChI is InChI=1S/C11H12N2O/c1-13(2)7-10-11(14)8-5-3-4-6-9(8)12-10/h3-6H,7H2,1-2H3. The van der Waals surface area contributed by atoms with Crippen molar-refractivity contribution in [1.82, 2.24) is 4.90 Å². The number of carbonyl (C=O) groups excluding carboxylic acids is 1. The fraction of sp³-hybridized carbons (Fsp3) is 0.273. The van der Waals surface area contributed by atoms with Crippen molar-refractivity contribution in [3.05, 3.63) is 29.8 Å². The van der Waals surface area contributed by atoms with Gasteiger partial charge in [-0.1, -0.05) is 12.1 Å². The highest BCUT2D eigenvalue weighted by atomic mass is 16.1. The van der Waals surface area contributed by atoms with E-state index in [1.54, 1.807) is 0 Å². The first-order chi connectivity index (χ1) is 6.68. The monoisotopic (exact) mass is 188 g/mol. The summed E-state index contributed by atoms with van der Waals surface area (Å²) in [6, 6.07) is 7.46. The Labute approximate surface area is 83.1 Å². The van der Waals surface area contributed by atoms with Gasteiger partial charge in [-0.25, -0.2) is 4.99 Å². The number of fused-ring (bicyclic) bond motifs is 1. The Bertz CT molecular complexity index is 408. The predicted molar refractivity (Wildman–Crippen MR) is 56.4 cm³/mol. The molecule has 2 rings (SSSR count). The third-order valence-electron chi connectivity index (χ3n) is 2.13. The van der Waals surface area contributed by atoms with Gasteiger partial charge in [-0.05, 0) is 26.2 Å². The zero-order valence-corrected chi connectivity index (χ0v) is 8.32. The van der Waals surface area contributed by atoms with E-state index in [9.17, 15) is 4.79 Å². The van der Waals surface area contributed by atoms with E-state index in [1.165, 1.54) is 0 Å². The predicted octanol–water partition coefficient (Wildman–Crippen LogP) is 1.52. The first kappa shape index (κ1) is 9.09. The van der Waals surface area contributed by atoms with E-state index in [4.69, 9.17) is 0 Å². The van der Waals surface area contributed by atoms with E-state index in [1.807, 2.05) is 43.3 Å². The lowest BCUT2D eigenvalue weighted by atomic mass is 10.1. The number of hydrogen-bond donors (Lipinski definition) is 0. The lowest BCUT2D eigenvalue weighted by Gasteiger charge is -2.07. The second-order valence-electron chi connectivity index (χ2n) is 3.64. The van der Waals surface area contributed by atoms with Gasteiger partial charge in [0.05, 0.1) is 5.69 Å². The van der Waals surface area contributed by atoms with E-state index in [-0.39, 0.29) is 5.78 Å². The van der Waals surface area contributed by atoms with Crippen molar-refractivity contribution >= 4 is 17.2 Å². The number of ketones is 1. The fourth-order valence-electron chi connectivity index (χ4n) is 1.52. The topological polar surface area (TPSA) is 32.7 Å². The van der Waals surface area contributed by atoms with Crippen LogP contribution in [0.15, 0.2) is 29.3 Å². The van der Waals surface area contributed by atoms with Crippen LogP contribution in [0.5, 0.6) is 0 Å². The largest absolute Gasteiger partial charge is 0.303 e. The summed E-state index contributed by atoms with van der Waals surface area (Å²) < 4.78 is 0. The third kappa shape index (κ3) is 1.46. The quantitative estimate of drug-likeness (QED) is 0.704. The second kappa shape index (κ2) is 3.35. The molecule has 0 saturated heterocycles. The molecule has 0 bridgehead atoms. The number of nitrogens with zero attached hydrogens (tertiary/aromatic N) is 2. The lowest BCUT2D eigenvalue weighted by Crippen LogP contribution is -2.25. The molecule has 0 unspecified atom stereocenters. The SMILES string of the molecule is CN(C)CC1=Nc2ccccc2C1=O. The Balaban J connectivity index is 2.32. The Hall–Kier alpha value is -1.48. The molecule has 1 heterocycles. The highest BCUT2D eigenvalue weighted by Crippen LogP contribution is 2.25. The van der Waals surface area contributed by atoms with Crippen molar-refractivity contribution in [3.8, 4) is 0 Å². The first-order valence-corrected chi connectivity index (χ1v) is 4.54. The summed E-state index contributed by atoms with van der Waals surface area (Å²) in [6.45, 7) is 0.605. The number of hydrogen-bond acceptors (Lipinski definition) is 3. The van der Waals surface area contributed by atoms with E-state index < -0.39 is 0 Å².